The van der Waals surface area contributed by atoms with E-state index in [2.05, 4.69) is 11.3 Å². The molecule has 0 unspecified atom stereocenters. The molecule has 0 atom stereocenters. The first kappa shape index (κ1) is 14.6. The minimum Gasteiger partial charge on any atom is -0.502 e. The molecule has 1 heterocycles. The molecule has 0 aromatic carbocycles. The second-order valence-corrected chi connectivity index (χ2v) is 3.38. The van der Waals surface area contributed by atoms with Gasteiger partial charge in [-0.05, 0) is 12.1 Å². The number of hydrogen-bond donors (Lipinski definition) is 0. The number of esters is 2. The maximum Gasteiger partial charge on any atom is 0.358 e. The molecule has 0 amide bonds. The summed E-state index contributed by atoms with van der Waals surface area (Å²) < 4.78 is 15.7. The van der Waals surface area contributed by atoms with Crippen molar-refractivity contribution >= 4 is 17.6 Å². The Balaban J connectivity index is 3.09. The van der Waals surface area contributed by atoms with Crippen LogP contribution in [0.25, 0.3) is 5.70 Å². The predicted octanol–water partition coefficient (Wildman–Crippen LogP) is 1.45. The van der Waals surface area contributed by atoms with Crippen molar-refractivity contribution in [1.82, 2.24) is 4.57 Å². The van der Waals surface area contributed by atoms with Crippen LogP contribution in [0, 0.1) is 0 Å². The van der Waals surface area contributed by atoms with Gasteiger partial charge in [-0.1, -0.05) is 12.7 Å². The Kier molecular flexibility index (Phi) is 5.40. The zero-order chi connectivity index (χ0) is 14.3. The summed E-state index contributed by atoms with van der Waals surface area (Å²) in [4.78, 5) is 23.4. The Morgan fingerprint density at radius 2 is 2.16 bits per heavy atom. The lowest BCUT2D eigenvalue weighted by Crippen LogP contribution is -2.16. The van der Waals surface area contributed by atoms with Crippen LogP contribution in [0.3, 0.4) is 0 Å². The number of aromatic nitrogens is 1. The molecule has 1 aromatic rings. The molecule has 0 saturated carbocycles. The zero-order valence-electron chi connectivity index (χ0n) is 10.8. The van der Waals surface area contributed by atoms with E-state index in [4.69, 9.17) is 9.47 Å². The Labute approximate surface area is 110 Å². The number of hydrogen-bond acceptors (Lipinski definition) is 5. The molecule has 6 heteroatoms. The summed E-state index contributed by atoms with van der Waals surface area (Å²) >= 11 is 0. The van der Waals surface area contributed by atoms with Crippen molar-refractivity contribution in [3.05, 3.63) is 42.9 Å². The van der Waals surface area contributed by atoms with Crippen molar-refractivity contribution in [3.63, 3.8) is 0 Å². The SMILES string of the molecule is C=CCOC(=O)c1cccn1/C(=C\OC)C(=O)OC. The van der Waals surface area contributed by atoms with Crippen LogP contribution < -0.4 is 0 Å². The van der Waals surface area contributed by atoms with E-state index in [0.29, 0.717) is 0 Å². The molecular weight excluding hydrogens is 250 g/mol. The van der Waals surface area contributed by atoms with Gasteiger partial charge in [0, 0.05) is 6.20 Å². The predicted molar refractivity (Wildman–Crippen MR) is 68.2 cm³/mol. The third-order valence-corrected chi connectivity index (χ3v) is 2.17. The molecule has 102 valence electrons. The fourth-order valence-corrected chi connectivity index (χ4v) is 1.39. The average Bonchev–Trinajstić information content (AvgIpc) is 2.90. The van der Waals surface area contributed by atoms with Gasteiger partial charge in [0.1, 0.15) is 18.6 Å². The second-order valence-electron chi connectivity index (χ2n) is 3.38. The van der Waals surface area contributed by atoms with E-state index in [1.807, 2.05) is 0 Å². The van der Waals surface area contributed by atoms with E-state index in [0.717, 1.165) is 0 Å². The standard InChI is InChI=1S/C13H15NO5/c1-4-8-19-13(16)10-6-5-7-14(10)11(9-17-2)12(15)18-3/h4-7,9H,1,8H2,2-3H3/b11-9-. The lowest BCUT2D eigenvalue weighted by atomic mass is 10.4. The fourth-order valence-electron chi connectivity index (χ4n) is 1.39. The van der Waals surface area contributed by atoms with E-state index < -0.39 is 11.9 Å². The highest BCUT2D eigenvalue weighted by Crippen LogP contribution is 2.14. The van der Waals surface area contributed by atoms with E-state index >= 15 is 0 Å². The maximum atomic E-state index is 11.8. The van der Waals surface area contributed by atoms with E-state index in [9.17, 15) is 9.59 Å². The molecule has 0 aliphatic rings. The van der Waals surface area contributed by atoms with Gasteiger partial charge < -0.3 is 18.8 Å². The van der Waals surface area contributed by atoms with Crippen molar-refractivity contribution in [1.29, 1.82) is 0 Å². The summed E-state index contributed by atoms with van der Waals surface area (Å²) in [5.74, 6) is -1.20. The first-order valence-corrected chi connectivity index (χ1v) is 5.42. The molecule has 0 saturated heterocycles. The number of methoxy groups -OCH3 is 2. The Morgan fingerprint density at radius 1 is 1.42 bits per heavy atom. The van der Waals surface area contributed by atoms with Gasteiger partial charge in [0.05, 0.1) is 14.2 Å². The smallest absolute Gasteiger partial charge is 0.358 e. The van der Waals surface area contributed by atoms with Crippen LogP contribution in [0.1, 0.15) is 10.5 Å². The van der Waals surface area contributed by atoms with E-state index in [1.54, 1.807) is 6.07 Å². The van der Waals surface area contributed by atoms with Crippen molar-refractivity contribution in [2.45, 2.75) is 0 Å². The van der Waals surface area contributed by atoms with Crippen LogP contribution in [0.5, 0.6) is 0 Å². The Hall–Kier alpha value is -2.50. The first-order valence-electron chi connectivity index (χ1n) is 5.42. The van der Waals surface area contributed by atoms with E-state index in [1.165, 1.54) is 43.4 Å². The van der Waals surface area contributed by atoms with Gasteiger partial charge in [0.2, 0.25) is 0 Å². The fraction of sp³-hybridized carbons (Fsp3) is 0.231. The molecule has 19 heavy (non-hydrogen) atoms. The van der Waals surface area contributed by atoms with Crippen LogP contribution in [-0.4, -0.2) is 37.3 Å². The van der Waals surface area contributed by atoms with Crippen molar-refractivity contribution in [2.24, 2.45) is 0 Å². The van der Waals surface area contributed by atoms with Gasteiger partial charge in [-0.25, -0.2) is 9.59 Å². The minimum absolute atomic E-state index is 0.0700. The molecule has 0 aliphatic heterocycles. The van der Waals surface area contributed by atoms with Gasteiger partial charge in [0.25, 0.3) is 0 Å². The summed E-state index contributed by atoms with van der Waals surface area (Å²) in [6, 6.07) is 3.13. The second kappa shape index (κ2) is 7.05. The van der Waals surface area contributed by atoms with Crippen LogP contribution in [0.15, 0.2) is 37.2 Å². The topological polar surface area (TPSA) is 66.8 Å². The number of ether oxygens (including phenoxy) is 3. The monoisotopic (exact) mass is 265 g/mol. The summed E-state index contributed by atoms with van der Waals surface area (Å²) in [6.07, 6.45) is 4.18. The molecule has 0 aliphatic carbocycles. The summed E-state index contributed by atoms with van der Waals surface area (Å²) in [5.41, 5.74) is 0.260. The first-order chi connectivity index (χ1) is 9.15. The lowest BCUT2D eigenvalue weighted by Gasteiger charge is -2.10. The molecule has 1 aromatic heterocycles. The molecular formula is C13H15NO5. The van der Waals surface area contributed by atoms with Gasteiger partial charge in [-0.15, -0.1) is 0 Å². The van der Waals surface area contributed by atoms with Crippen LogP contribution >= 0.6 is 0 Å². The Bertz CT molecular complexity index is 501. The minimum atomic E-state index is -0.629. The third kappa shape index (κ3) is 3.48. The van der Waals surface area contributed by atoms with Crippen LogP contribution in [0.4, 0.5) is 0 Å². The average molecular weight is 265 g/mol. The lowest BCUT2D eigenvalue weighted by molar-refractivity contribution is -0.134. The van der Waals surface area contributed by atoms with Crippen molar-refractivity contribution in [2.75, 3.05) is 20.8 Å². The van der Waals surface area contributed by atoms with Crippen LogP contribution in [-0.2, 0) is 19.0 Å². The molecule has 0 N–H and O–H groups in total. The molecule has 1 rings (SSSR count). The maximum absolute atomic E-state index is 11.8. The van der Waals surface area contributed by atoms with Crippen LogP contribution in [0.2, 0.25) is 0 Å². The largest absolute Gasteiger partial charge is 0.502 e. The quantitative estimate of drug-likeness (QED) is 0.337. The zero-order valence-corrected chi connectivity index (χ0v) is 10.8. The number of carbonyl (C=O) groups excluding carboxylic acids is 2. The number of carbonyl (C=O) groups is 2. The highest BCUT2D eigenvalue weighted by molar-refractivity contribution is 6.11. The normalized spacial score (nSPS) is 10.7. The van der Waals surface area contributed by atoms with Gasteiger partial charge >= 0.3 is 11.9 Å². The van der Waals surface area contributed by atoms with Gasteiger partial charge in [-0.2, -0.15) is 0 Å². The summed E-state index contributed by atoms with van der Waals surface area (Å²) in [6.45, 7) is 3.54. The molecule has 6 nitrogen and oxygen atoms in total. The molecule has 0 bridgehead atoms. The summed E-state index contributed by atoms with van der Waals surface area (Å²) in [7, 11) is 2.63. The summed E-state index contributed by atoms with van der Waals surface area (Å²) in [5, 5.41) is 0. The van der Waals surface area contributed by atoms with Crippen molar-refractivity contribution in [3.8, 4) is 0 Å². The van der Waals surface area contributed by atoms with E-state index in [-0.39, 0.29) is 18.0 Å². The van der Waals surface area contributed by atoms with Gasteiger partial charge in [0.15, 0.2) is 5.70 Å². The molecule has 0 spiro atoms. The van der Waals surface area contributed by atoms with Gasteiger partial charge in [-0.3, -0.25) is 0 Å². The number of nitrogens with zero attached hydrogens (tertiary/aromatic N) is 1. The highest BCUT2D eigenvalue weighted by Gasteiger charge is 2.19. The Morgan fingerprint density at radius 3 is 2.74 bits per heavy atom. The third-order valence-electron chi connectivity index (χ3n) is 2.17. The molecule has 0 radical (unpaired) electrons. The highest BCUT2D eigenvalue weighted by atomic mass is 16.5. The molecule has 0 fully saturated rings. The number of rotatable bonds is 6. The van der Waals surface area contributed by atoms with Crippen molar-refractivity contribution < 1.29 is 23.8 Å².